The number of halogens is 3. The van der Waals surface area contributed by atoms with Gasteiger partial charge in [0.05, 0.1) is 10.5 Å². The summed E-state index contributed by atoms with van der Waals surface area (Å²) in [5.74, 6) is 0. The van der Waals surface area contributed by atoms with E-state index in [1.54, 1.807) is 0 Å². The average Bonchev–Trinajstić information content (AvgIpc) is 3.20. The number of hydrogen-bond donors (Lipinski definition) is 1. The first-order chi connectivity index (χ1) is 15.2. The molecule has 0 bridgehead atoms. The second-order valence-corrected chi connectivity index (χ2v) is 9.64. The molecular formula is C24H23F3N2O2S. The number of likely N-dealkylation sites (tertiary alicyclic amines) is 1. The van der Waals surface area contributed by atoms with E-state index in [1.165, 1.54) is 6.07 Å². The SMILES string of the molecule is O=S(=O)(N[C@@H]1CCN(Cc2ccc(-c3ccccc3)cc2)C1)c1cccc(C(F)(F)F)c1. The maximum atomic E-state index is 12.9. The highest BCUT2D eigenvalue weighted by Gasteiger charge is 2.33. The van der Waals surface area contributed by atoms with Gasteiger partial charge in [-0.1, -0.05) is 60.7 Å². The lowest BCUT2D eigenvalue weighted by molar-refractivity contribution is -0.137. The van der Waals surface area contributed by atoms with Crippen LogP contribution >= 0.6 is 0 Å². The topological polar surface area (TPSA) is 49.4 Å². The maximum Gasteiger partial charge on any atom is 0.416 e. The summed E-state index contributed by atoms with van der Waals surface area (Å²) in [5, 5.41) is 0. The summed E-state index contributed by atoms with van der Waals surface area (Å²) in [6.45, 7) is 1.88. The summed E-state index contributed by atoms with van der Waals surface area (Å²) in [4.78, 5) is 1.76. The molecular weight excluding hydrogens is 437 g/mol. The number of benzene rings is 3. The first-order valence-electron chi connectivity index (χ1n) is 10.3. The van der Waals surface area contributed by atoms with Crippen LogP contribution in [0, 0.1) is 0 Å². The molecule has 0 aromatic heterocycles. The summed E-state index contributed by atoms with van der Waals surface area (Å²) < 4.78 is 66.5. The molecule has 1 aliphatic heterocycles. The van der Waals surface area contributed by atoms with Crippen molar-refractivity contribution in [1.82, 2.24) is 9.62 Å². The molecule has 1 heterocycles. The van der Waals surface area contributed by atoms with Crippen molar-refractivity contribution in [2.45, 2.75) is 30.1 Å². The third-order valence-electron chi connectivity index (χ3n) is 5.53. The highest BCUT2D eigenvalue weighted by molar-refractivity contribution is 7.89. The molecule has 168 valence electrons. The fraction of sp³-hybridized carbons (Fsp3) is 0.250. The van der Waals surface area contributed by atoms with Gasteiger partial charge in [-0.3, -0.25) is 4.90 Å². The molecule has 0 amide bonds. The molecule has 1 aliphatic rings. The molecule has 32 heavy (non-hydrogen) atoms. The van der Waals surface area contributed by atoms with Crippen LogP contribution in [-0.4, -0.2) is 32.4 Å². The minimum Gasteiger partial charge on any atom is -0.297 e. The first-order valence-corrected chi connectivity index (χ1v) is 11.8. The lowest BCUT2D eigenvalue weighted by atomic mass is 10.0. The second-order valence-electron chi connectivity index (χ2n) is 7.93. The van der Waals surface area contributed by atoms with E-state index in [1.807, 2.05) is 18.2 Å². The van der Waals surface area contributed by atoms with E-state index in [-0.39, 0.29) is 10.9 Å². The summed E-state index contributed by atoms with van der Waals surface area (Å²) in [5.41, 5.74) is 2.41. The van der Waals surface area contributed by atoms with E-state index in [9.17, 15) is 21.6 Å². The Morgan fingerprint density at radius 3 is 2.28 bits per heavy atom. The van der Waals surface area contributed by atoms with Gasteiger partial charge in [-0.05, 0) is 41.3 Å². The lowest BCUT2D eigenvalue weighted by Gasteiger charge is -2.17. The van der Waals surface area contributed by atoms with Gasteiger partial charge in [0.15, 0.2) is 0 Å². The van der Waals surface area contributed by atoms with Crippen molar-refractivity contribution in [2.24, 2.45) is 0 Å². The Bertz CT molecular complexity index is 1160. The molecule has 1 atom stereocenters. The summed E-state index contributed by atoms with van der Waals surface area (Å²) in [7, 11) is -4.04. The molecule has 3 aromatic rings. The van der Waals surface area contributed by atoms with Crippen LogP contribution in [0.4, 0.5) is 13.2 Å². The monoisotopic (exact) mass is 460 g/mol. The van der Waals surface area contributed by atoms with Gasteiger partial charge >= 0.3 is 6.18 Å². The predicted molar refractivity (Wildman–Crippen MR) is 117 cm³/mol. The third-order valence-corrected chi connectivity index (χ3v) is 7.05. The zero-order valence-electron chi connectivity index (χ0n) is 17.2. The largest absolute Gasteiger partial charge is 0.416 e. The van der Waals surface area contributed by atoms with Crippen LogP contribution < -0.4 is 4.72 Å². The molecule has 8 heteroatoms. The van der Waals surface area contributed by atoms with Crippen LogP contribution in [0.15, 0.2) is 83.8 Å². The Kier molecular flexibility index (Phi) is 6.37. The molecule has 1 fully saturated rings. The highest BCUT2D eigenvalue weighted by atomic mass is 32.2. The van der Waals surface area contributed by atoms with Crippen molar-refractivity contribution in [3.05, 3.63) is 90.0 Å². The molecule has 0 aliphatic carbocycles. The van der Waals surface area contributed by atoms with Crippen molar-refractivity contribution in [3.63, 3.8) is 0 Å². The molecule has 0 radical (unpaired) electrons. The molecule has 0 unspecified atom stereocenters. The van der Waals surface area contributed by atoms with Crippen molar-refractivity contribution < 1.29 is 21.6 Å². The molecule has 0 spiro atoms. The first kappa shape index (κ1) is 22.5. The van der Waals surface area contributed by atoms with Crippen molar-refractivity contribution in [1.29, 1.82) is 0 Å². The van der Waals surface area contributed by atoms with Gasteiger partial charge in [0.2, 0.25) is 10.0 Å². The van der Waals surface area contributed by atoms with Gasteiger partial charge in [-0.15, -0.1) is 0 Å². The van der Waals surface area contributed by atoms with Gasteiger partial charge in [-0.2, -0.15) is 13.2 Å². The van der Waals surface area contributed by atoms with Crippen molar-refractivity contribution in [2.75, 3.05) is 13.1 Å². The minimum absolute atomic E-state index is 0.349. The van der Waals surface area contributed by atoms with Crippen LogP contribution in [0.3, 0.4) is 0 Å². The van der Waals surface area contributed by atoms with Crippen LogP contribution in [0.1, 0.15) is 17.5 Å². The fourth-order valence-corrected chi connectivity index (χ4v) is 5.20. The number of rotatable bonds is 6. The van der Waals surface area contributed by atoms with Gasteiger partial charge in [0.25, 0.3) is 0 Å². The molecule has 4 nitrogen and oxygen atoms in total. The molecule has 0 saturated carbocycles. The summed E-state index contributed by atoms with van der Waals surface area (Å²) in [6, 6.07) is 21.8. The minimum atomic E-state index is -4.59. The number of nitrogens with zero attached hydrogens (tertiary/aromatic N) is 1. The maximum absolute atomic E-state index is 12.9. The van der Waals surface area contributed by atoms with Gasteiger partial charge in [-0.25, -0.2) is 13.1 Å². The van der Waals surface area contributed by atoms with E-state index in [0.29, 0.717) is 32.1 Å². The van der Waals surface area contributed by atoms with Gasteiger partial charge in [0, 0.05) is 25.7 Å². The van der Waals surface area contributed by atoms with E-state index in [4.69, 9.17) is 0 Å². The highest BCUT2D eigenvalue weighted by Crippen LogP contribution is 2.30. The van der Waals surface area contributed by atoms with Crippen LogP contribution in [0.2, 0.25) is 0 Å². The molecule has 1 N–H and O–H groups in total. The zero-order chi connectivity index (χ0) is 22.8. The van der Waals surface area contributed by atoms with Crippen LogP contribution in [-0.2, 0) is 22.7 Å². The average molecular weight is 461 g/mol. The Morgan fingerprint density at radius 1 is 0.906 bits per heavy atom. The smallest absolute Gasteiger partial charge is 0.297 e. The zero-order valence-corrected chi connectivity index (χ0v) is 18.0. The predicted octanol–water partition coefficient (Wildman–Crippen LogP) is 4.93. The van der Waals surface area contributed by atoms with E-state index in [2.05, 4.69) is 46.0 Å². The summed E-state index contributed by atoms with van der Waals surface area (Å²) >= 11 is 0. The van der Waals surface area contributed by atoms with Gasteiger partial charge in [0.1, 0.15) is 0 Å². The van der Waals surface area contributed by atoms with Crippen LogP contribution in [0.5, 0.6) is 0 Å². The standard InChI is InChI=1S/C24H23F3N2O2S/c25-24(26,27)21-7-4-8-23(15-21)32(30,31)28-22-13-14-29(17-22)16-18-9-11-20(12-10-18)19-5-2-1-3-6-19/h1-12,15,22,28H,13-14,16-17H2/t22-/m1/s1. The molecule has 3 aromatic carbocycles. The Balaban J connectivity index is 1.37. The fourth-order valence-electron chi connectivity index (χ4n) is 3.89. The third kappa shape index (κ3) is 5.38. The quantitative estimate of drug-likeness (QED) is 0.568. The van der Waals surface area contributed by atoms with Crippen LogP contribution in [0.25, 0.3) is 11.1 Å². The summed E-state index contributed by atoms with van der Waals surface area (Å²) in [6.07, 6.45) is -3.99. The Morgan fingerprint density at radius 2 is 1.59 bits per heavy atom. The van der Waals surface area contributed by atoms with E-state index in [0.717, 1.165) is 28.8 Å². The van der Waals surface area contributed by atoms with Gasteiger partial charge < -0.3 is 0 Å². The molecule has 1 saturated heterocycles. The number of nitrogens with one attached hydrogen (secondary N) is 1. The Hall–Kier alpha value is -2.68. The van der Waals surface area contributed by atoms with Crippen molar-refractivity contribution in [3.8, 4) is 11.1 Å². The Labute approximate surface area is 185 Å². The van der Waals surface area contributed by atoms with E-state index >= 15 is 0 Å². The number of sulfonamides is 1. The normalized spacial score (nSPS) is 17.5. The number of alkyl halides is 3. The van der Waals surface area contributed by atoms with Crippen molar-refractivity contribution >= 4 is 10.0 Å². The van der Waals surface area contributed by atoms with E-state index < -0.39 is 21.8 Å². The second kappa shape index (κ2) is 9.05. The number of hydrogen-bond acceptors (Lipinski definition) is 3. The molecule has 4 rings (SSSR count). The lowest BCUT2D eigenvalue weighted by Crippen LogP contribution is -2.37.